The smallest absolute Gasteiger partial charge is 0.245 e. The molecule has 0 saturated carbocycles. The van der Waals surface area contributed by atoms with Gasteiger partial charge in [-0.1, -0.05) is 38.1 Å². The lowest BCUT2D eigenvalue weighted by atomic mass is 9.75. The van der Waals surface area contributed by atoms with Gasteiger partial charge in [0.1, 0.15) is 6.04 Å². The van der Waals surface area contributed by atoms with Gasteiger partial charge >= 0.3 is 0 Å². The third-order valence-corrected chi connectivity index (χ3v) is 5.64. The zero-order valence-electron chi connectivity index (χ0n) is 14.6. The molecule has 3 amide bonds. The van der Waals surface area contributed by atoms with Gasteiger partial charge in [-0.15, -0.1) is 0 Å². The van der Waals surface area contributed by atoms with Gasteiger partial charge in [-0.3, -0.25) is 14.4 Å². The summed E-state index contributed by atoms with van der Waals surface area (Å²) in [5, 5.41) is 2.71. The molecule has 1 aromatic rings. The highest BCUT2D eigenvalue weighted by Gasteiger charge is 2.45. The molecule has 0 bridgehead atoms. The number of piperazine rings is 1. The molecule has 4 rings (SSSR count). The van der Waals surface area contributed by atoms with Gasteiger partial charge < -0.3 is 15.1 Å². The molecule has 0 radical (unpaired) electrons. The number of fused-ring (bicyclic) bond motifs is 3. The van der Waals surface area contributed by atoms with Crippen molar-refractivity contribution in [2.24, 2.45) is 0 Å². The largest absolute Gasteiger partial charge is 0.344 e. The molecular formula is C19H23N3O3. The van der Waals surface area contributed by atoms with Crippen LogP contribution in [0.15, 0.2) is 24.3 Å². The van der Waals surface area contributed by atoms with Gasteiger partial charge in [-0.25, -0.2) is 0 Å². The first kappa shape index (κ1) is 16.1. The number of nitrogens with one attached hydrogen (secondary N) is 1. The summed E-state index contributed by atoms with van der Waals surface area (Å²) in [5.74, 6) is -0.245. The SMILES string of the molecule is CC1(C)CN2C(=O)CN(C(=O)C3CCC(=O)N3)CC2c2ccccc21. The molecule has 0 aliphatic carbocycles. The second-order valence-electron chi connectivity index (χ2n) is 7.89. The fraction of sp³-hybridized carbons (Fsp3) is 0.526. The average molecular weight is 341 g/mol. The Morgan fingerprint density at radius 1 is 1.24 bits per heavy atom. The normalized spacial score (nSPS) is 27.6. The number of rotatable bonds is 1. The third kappa shape index (κ3) is 2.60. The molecule has 2 saturated heterocycles. The number of amides is 3. The molecule has 0 spiro atoms. The lowest BCUT2D eigenvalue weighted by molar-refractivity contribution is -0.151. The van der Waals surface area contributed by atoms with Crippen LogP contribution in [0.3, 0.4) is 0 Å². The highest BCUT2D eigenvalue weighted by Crippen LogP contribution is 2.41. The van der Waals surface area contributed by atoms with Gasteiger partial charge in [-0.2, -0.15) is 0 Å². The minimum absolute atomic E-state index is 0.0171. The Labute approximate surface area is 147 Å². The Morgan fingerprint density at radius 3 is 2.72 bits per heavy atom. The Balaban J connectivity index is 1.64. The molecule has 3 aliphatic rings. The molecular weight excluding hydrogens is 318 g/mol. The van der Waals surface area contributed by atoms with E-state index in [-0.39, 0.29) is 35.7 Å². The van der Waals surface area contributed by atoms with Gasteiger partial charge in [-0.05, 0) is 17.5 Å². The maximum absolute atomic E-state index is 12.8. The molecule has 2 atom stereocenters. The number of hydrogen-bond donors (Lipinski definition) is 1. The highest BCUT2D eigenvalue weighted by molar-refractivity contribution is 5.93. The van der Waals surface area contributed by atoms with Crippen LogP contribution in [0.4, 0.5) is 0 Å². The summed E-state index contributed by atoms with van der Waals surface area (Å²) in [7, 11) is 0. The molecule has 2 unspecified atom stereocenters. The van der Waals surface area contributed by atoms with Crippen LogP contribution in [0, 0.1) is 0 Å². The Morgan fingerprint density at radius 2 is 2.00 bits per heavy atom. The summed E-state index contributed by atoms with van der Waals surface area (Å²) >= 11 is 0. The van der Waals surface area contributed by atoms with E-state index in [1.807, 2.05) is 17.0 Å². The summed E-state index contributed by atoms with van der Waals surface area (Å²) in [4.78, 5) is 40.5. The number of hydrogen-bond acceptors (Lipinski definition) is 3. The fourth-order valence-corrected chi connectivity index (χ4v) is 4.37. The second kappa shape index (κ2) is 5.58. The van der Waals surface area contributed by atoms with Crippen molar-refractivity contribution in [2.45, 2.75) is 44.2 Å². The maximum atomic E-state index is 12.8. The van der Waals surface area contributed by atoms with E-state index in [4.69, 9.17) is 0 Å². The van der Waals surface area contributed by atoms with Crippen molar-refractivity contribution >= 4 is 17.7 Å². The first-order valence-corrected chi connectivity index (χ1v) is 8.84. The topological polar surface area (TPSA) is 69.7 Å². The first-order valence-electron chi connectivity index (χ1n) is 8.84. The van der Waals surface area contributed by atoms with E-state index in [1.54, 1.807) is 4.90 Å². The van der Waals surface area contributed by atoms with Crippen LogP contribution in [-0.4, -0.2) is 53.2 Å². The zero-order chi connectivity index (χ0) is 17.8. The van der Waals surface area contributed by atoms with Crippen molar-refractivity contribution in [1.82, 2.24) is 15.1 Å². The maximum Gasteiger partial charge on any atom is 0.245 e. The van der Waals surface area contributed by atoms with Crippen molar-refractivity contribution in [3.8, 4) is 0 Å². The number of benzene rings is 1. The van der Waals surface area contributed by atoms with Crippen LogP contribution in [-0.2, 0) is 19.8 Å². The van der Waals surface area contributed by atoms with E-state index >= 15 is 0 Å². The molecule has 3 heterocycles. The van der Waals surface area contributed by atoms with Crippen LogP contribution in [0.1, 0.15) is 43.9 Å². The lowest BCUT2D eigenvalue weighted by Crippen LogP contribution is -2.60. The van der Waals surface area contributed by atoms with Crippen LogP contribution >= 0.6 is 0 Å². The van der Waals surface area contributed by atoms with Gasteiger partial charge in [0.2, 0.25) is 17.7 Å². The van der Waals surface area contributed by atoms with Crippen molar-refractivity contribution < 1.29 is 14.4 Å². The summed E-state index contributed by atoms with van der Waals surface area (Å²) in [5.41, 5.74) is 2.27. The summed E-state index contributed by atoms with van der Waals surface area (Å²) < 4.78 is 0. The molecule has 1 N–H and O–H groups in total. The van der Waals surface area contributed by atoms with Crippen LogP contribution < -0.4 is 5.32 Å². The molecule has 6 heteroatoms. The number of carbonyl (C=O) groups is 3. The van der Waals surface area contributed by atoms with E-state index in [1.165, 1.54) is 5.56 Å². The van der Waals surface area contributed by atoms with E-state index in [9.17, 15) is 14.4 Å². The van der Waals surface area contributed by atoms with Gasteiger partial charge in [0.15, 0.2) is 0 Å². The molecule has 0 aromatic heterocycles. The van der Waals surface area contributed by atoms with E-state index in [2.05, 4.69) is 31.3 Å². The Kier molecular flexibility index (Phi) is 3.60. The van der Waals surface area contributed by atoms with Crippen LogP contribution in [0.2, 0.25) is 0 Å². The number of carbonyl (C=O) groups excluding carboxylic acids is 3. The summed E-state index contributed by atoms with van der Waals surface area (Å²) in [6.45, 7) is 5.56. The Bertz CT molecular complexity index is 758. The van der Waals surface area contributed by atoms with E-state index < -0.39 is 6.04 Å². The summed E-state index contributed by atoms with van der Waals surface area (Å²) in [6, 6.07) is 7.61. The standard InChI is InChI=1S/C19H23N3O3/c1-19(2)11-22-15(12-5-3-4-6-13(12)19)9-21(10-17(22)24)18(25)14-7-8-16(23)20-14/h3-6,14-15H,7-11H2,1-2H3,(H,20,23). The van der Waals surface area contributed by atoms with E-state index in [0.717, 1.165) is 5.56 Å². The molecule has 132 valence electrons. The van der Waals surface area contributed by atoms with Crippen molar-refractivity contribution in [3.05, 3.63) is 35.4 Å². The zero-order valence-corrected chi connectivity index (χ0v) is 14.6. The lowest BCUT2D eigenvalue weighted by Gasteiger charge is -2.49. The number of nitrogens with zero attached hydrogens (tertiary/aromatic N) is 2. The molecule has 25 heavy (non-hydrogen) atoms. The van der Waals surface area contributed by atoms with Gasteiger partial charge in [0.25, 0.3) is 0 Å². The minimum atomic E-state index is -0.484. The van der Waals surface area contributed by atoms with Gasteiger partial charge in [0, 0.05) is 24.9 Å². The molecule has 3 aliphatic heterocycles. The van der Waals surface area contributed by atoms with Crippen molar-refractivity contribution in [3.63, 3.8) is 0 Å². The average Bonchev–Trinajstić information content (AvgIpc) is 3.01. The predicted molar refractivity (Wildman–Crippen MR) is 91.7 cm³/mol. The monoisotopic (exact) mass is 341 g/mol. The molecule has 2 fully saturated rings. The second-order valence-corrected chi connectivity index (χ2v) is 7.89. The minimum Gasteiger partial charge on any atom is -0.344 e. The first-order chi connectivity index (χ1) is 11.9. The third-order valence-electron chi connectivity index (χ3n) is 5.64. The van der Waals surface area contributed by atoms with Crippen LogP contribution in [0.25, 0.3) is 0 Å². The van der Waals surface area contributed by atoms with Crippen molar-refractivity contribution in [1.29, 1.82) is 0 Å². The molecule has 6 nitrogen and oxygen atoms in total. The quantitative estimate of drug-likeness (QED) is 0.827. The van der Waals surface area contributed by atoms with E-state index in [0.29, 0.717) is 25.9 Å². The fourth-order valence-electron chi connectivity index (χ4n) is 4.37. The predicted octanol–water partition coefficient (Wildman–Crippen LogP) is 0.968. The Hall–Kier alpha value is -2.37. The summed E-state index contributed by atoms with van der Waals surface area (Å²) in [6.07, 6.45) is 0.894. The van der Waals surface area contributed by atoms with Crippen molar-refractivity contribution in [2.75, 3.05) is 19.6 Å². The van der Waals surface area contributed by atoms with Crippen LogP contribution in [0.5, 0.6) is 0 Å². The highest BCUT2D eigenvalue weighted by atomic mass is 16.2. The van der Waals surface area contributed by atoms with Gasteiger partial charge in [0.05, 0.1) is 12.6 Å². The molecule has 1 aromatic carbocycles.